The molecule has 0 saturated carbocycles. The van der Waals surface area contributed by atoms with E-state index in [1.807, 2.05) is 48.5 Å². The highest BCUT2D eigenvalue weighted by atomic mass is 16.4. The first-order valence-corrected chi connectivity index (χ1v) is 7.67. The standard InChI is InChI=1S/C14H14O2.C8H8O/c1-4-11-7-6-8-12(13(11)5-2)9-10(3)14(15)16;9-7-6-8-4-2-1-3-5-8/h4-8H,1-3,9H2,(H,15,16);1-7,9H. The minimum Gasteiger partial charge on any atom is -0.516 e. The van der Waals surface area contributed by atoms with Gasteiger partial charge in [-0.05, 0) is 28.3 Å². The van der Waals surface area contributed by atoms with Crippen molar-refractivity contribution in [1.29, 1.82) is 0 Å². The number of hydrogen-bond donors (Lipinski definition) is 2. The van der Waals surface area contributed by atoms with E-state index in [0.717, 1.165) is 28.5 Å². The lowest BCUT2D eigenvalue weighted by atomic mass is 9.96. The molecule has 3 heteroatoms. The van der Waals surface area contributed by atoms with Gasteiger partial charge in [0.1, 0.15) is 0 Å². The Hall–Kier alpha value is -3.33. The van der Waals surface area contributed by atoms with Crippen molar-refractivity contribution in [1.82, 2.24) is 0 Å². The predicted molar refractivity (Wildman–Crippen MR) is 105 cm³/mol. The summed E-state index contributed by atoms with van der Waals surface area (Å²) in [6, 6.07) is 15.3. The summed E-state index contributed by atoms with van der Waals surface area (Å²) >= 11 is 0. The molecule has 0 aliphatic rings. The zero-order valence-electron chi connectivity index (χ0n) is 14.1. The van der Waals surface area contributed by atoms with Crippen LogP contribution in [-0.2, 0) is 11.2 Å². The summed E-state index contributed by atoms with van der Waals surface area (Å²) in [5, 5.41) is 17.1. The highest BCUT2D eigenvalue weighted by Gasteiger charge is 2.09. The summed E-state index contributed by atoms with van der Waals surface area (Å²) < 4.78 is 0. The SMILES string of the molecule is C=Cc1cccc(CC(=C)C(=O)O)c1C=C.OC=Cc1ccccc1. The first kappa shape index (κ1) is 19.7. The van der Waals surface area contributed by atoms with E-state index in [4.69, 9.17) is 10.2 Å². The first-order chi connectivity index (χ1) is 12.0. The van der Waals surface area contributed by atoms with Crippen LogP contribution in [0, 0.1) is 0 Å². The number of rotatable bonds is 6. The highest BCUT2D eigenvalue weighted by molar-refractivity contribution is 5.86. The van der Waals surface area contributed by atoms with Gasteiger partial charge < -0.3 is 10.2 Å². The molecule has 0 aromatic heterocycles. The summed E-state index contributed by atoms with van der Waals surface area (Å²) in [7, 11) is 0. The van der Waals surface area contributed by atoms with Crippen LogP contribution in [0.3, 0.4) is 0 Å². The molecule has 0 atom stereocenters. The maximum absolute atomic E-state index is 10.7. The van der Waals surface area contributed by atoms with Gasteiger partial charge in [-0.15, -0.1) is 0 Å². The van der Waals surface area contributed by atoms with Gasteiger partial charge in [0.05, 0.1) is 6.26 Å². The Kier molecular flexibility index (Phi) is 8.24. The number of hydrogen-bond acceptors (Lipinski definition) is 2. The fourth-order valence-electron chi connectivity index (χ4n) is 2.17. The third-order valence-corrected chi connectivity index (χ3v) is 3.43. The average Bonchev–Trinajstić information content (AvgIpc) is 2.63. The van der Waals surface area contributed by atoms with Crippen LogP contribution in [0.25, 0.3) is 18.2 Å². The van der Waals surface area contributed by atoms with E-state index >= 15 is 0 Å². The third kappa shape index (κ3) is 6.36. The van der Waals surface area contributed by atoms with Gasteiger partial charge in [-0.1, -0.05) is 80.4 Å². The molecule has 2 aromatic rings. The summed E-state index contributed by atoms with van der Waals surface area (Å²) in [5.41, 5.74) is 3.95. The summed E-state index contributed by atoms with van der Waals surface area (Å²) in [6.45, 7) is 11.0. The number of carboxylic acid groups (broad SMARTS) is 1. The Morgan fingerprint density at radius 3 is 2.20 bits per heavy atom. The molecule has 25 heavy (non-hydrogen) atoms. The van der Waals surface area contributed by atoms with Crippen LogP contribution >= 0.6 is 0 Å². The monoisotopic (exact) mass is 334 g/mol. The highest BCUT2D eigenvalue weighted by Crippen LogP contribution is 2.20. The molecule has 0 aliphatic heterocycles. The number of carbonyl (C=O) groups is 1. The Bertz CT molecular complexity index is 771. The molecule has 2 N–H and O–H groups in total. The van der Waals surface area contributed by atoms with Crippen molar-refractivity contribution in [3.05, 3.63) is 102 Å². The molecular formula is C22H22O3. The average molecular weight is 334 g/mol. The van der Waals surface area contributed by atoms with Crippen LogP contribution < -0.4 is 0 Å². The van der Waals surface area contributed by atoms with Crippen molar-refractivity contribution >= 4 is 24.2 Å². The van der Waals surface area contributed by atoms with E-state index in [-0.39, 0.29) is 5.57 Å². The Labute approximate surface area is 148 Å². The van der Waals surface area contributed by atoms with Crippen molar-refractivity contribution < 1.29 is 15.0 Å². The lowest BCUT2D eigenvalue weighted by Crippen LogP contribution is -2.03. The molecule has 0 saturated heterocycles. The lowest BCUT2D eigenvalue weighted by molar-refractivity contribution is -0.132. The van der Waals surface area contributed by atoms with Crippen molar-refractivity contribution in [2.45, 2.75) is 6.42 Å². The van der Waals surface area contributed by atoms with E-state index in [0.29, 0.717) is 6.42 Å². The maximum Gasteiger partial charge on any atom is 0.331 e. The molecule has 2 rings (SSSR count). The van der Waals surface area contributed by atoms with Crippen molar-refractivity contribution in [3.63, 3.8) is 0 Å². The third-order valence-electron chi connectivity index (χ3n) is 3.43. The smallest absolute Gasteiger partial charge is 0.331 e. The fourth-order valence-corrected chi connectivity index (χ4v) is 2.17. The second-order valence-electron chi connectivity index (χ2n) is 5.14. The quantitative estimate of drug-likeness (QED) is 0.551. The molecule has 0 aliphatic carbocycles. The van der Waals surface area contributed by atoms with Crippen molar-refractivity contribution in [2.24, 2.45) is 0 Å². The topological polar surface area (TPSA) is 57.5 Å². The van der Waals surface area contributed by atoms with E-state index in [9.17, 15) is 4.79 Å². The number of aliphatic hydroxyl groups is 1. The molecule has 0 heterocycles. The molecule has 0 radical (unpaired) electrons. The molecule has 0 bridgehead atoms. The molecule has 0 unspecified atom stereocenters. The van der Waals surface area contributed by atoms with E-state index in [2.05, 4.69) is 19.7 Å². The zero-order chi connectivity index (χ0) is 18.7. The minimum absolute atomic E-state index is 0.171. The predicted octanol–water partition coefficient (Wildman–Crippen LogP) is 5.37. The van der Waals surface area contributed by atoms with Crippen molar-refractivity contribution in [3.8, 4) is 0 Å². The van der Waals surface area contributed by atoms with Gasteiger partial charge in [0.15, 0.2) is 0 Å². The normalized spacial score (nSPS) is 9.76. The number of carboxylic acids is 1. The molecule has 128 valence electrons. The Morgan fingerprint density at radius 2 is 1.68 bits per heavy atom. The van der Waals surface area contributed by atoms with Gasteiger partial charge in [0, 0.05) is 12.0 Å². The minimum atomic E-state index is -0.973. The molecule has 2 aromatic carbocycles. The fraction of sp³-hybridized carbons (Fsp3) is 0.0455. The molecule has 0 fully saturated rings. The zero-order valence-corrected chi connectivity index (χ0v) is 14.1. The van der Waals surface area contributed by atoms with Gasteiger partial charge in [-0.25, -0.2) is 4.79 Å². The van der Waals surface area contributed by atoms with Crippen molar-refractivity contribution in [2.75, 3.05) is 0 Å². The Balaban J connectivity index is 0.000000293. The van der Waals surface area contributed by atoms with Crippen LogP contribution in [0.15, 0.2) is 80.1 Å². The van der Waals surface area contributed by atoms with Gasteiger partial charge in [-0.2, -0.15) is 0 Å². The second kappa shape index (κ2) is 10.4. The van der Waals surface area contributed by atoms with Gasteiger partial charge in [0.2, 0.25) is 0 Å². The number of benzene rings is 2. The summed E-state index contributed by atoms with van der Waals surface area (Å²) in [5.74, 6) is -0.973. The van der Waals surface area contributed by atoms with E-state index in [1.54, 1.807) is 18.2 Å². The first-order valence-electron chi connectivity index (χ1n) is 7.67. The summed E-state index contributed by atoms with van der Waals surface area (Å²) in [4.78, 5) is 10.7. The molecule has 0 spiro atoms. The molecule has 0 amide bonds. The lowest BCUT2D eigenvalue weighted by Gasteiger charge is -2.09. The molecular weight excluding hydrogens is 312 g/mol. The van der Waals surface area contributed by atoms with Gasteiger partial charge in [0.25, 0.3) is 0 Å². The van der Waals surface area contributed by atoms with Crippen LogP contribution in [0.2, 0.25) is 0 Å². The largest absolute Gasteiger partial charge is 0.516 e. The Morgan fingerprint density at radius 1 is 1.00 bits per heavy atom. The summed E-state index contributed by atoms with van der Waals surface area (Å²) in [6.07, 6.45) is 6.43. The second-order valence-corrected chi connectivity index (χ2v) is 5.14. The van der Waals surface area contributed by atoms with E-state index in [1.165, 1.54) is 0 Å². The number of aliphatic hydroxyl groups excluding tert-OH is 1. The number of aliphatic carboxylic acids is 1. The van der Waals surface area contributed by atoms with Crippen LogP contribution in [0.5, 0.6) is 0 Å². The van der Waals surface area contributed by atoms with E-state index < -0.39 is 5.97 Å². The molecule has 3 nitrogen and oxygen atoms in total. The van der Waals surface area contributed by atoms with Crippen LogP contribution in [-0.4, -0.2) is 16.2 Å². The maximum atomic E-state index is 10.7. The van der Waals surface area contributed by atoms with Crippen LogP contribution in [0.4, 0.5) is 0 Å². The van der Waals surface area contributed by atoms with Crippen LogP contribution in [0.1, 0.15) is 22.3 Å². The van der Waals surface area contributed by atoms with Gasteiger partial charge >= 0.3 is 5.97 Å². The van der Waals surface area contributed by atoms with Gasteiger partial charge in [-0.3, -0.25) is 0 Å².